The summed E-state index contributed by atoms with van der Waals surface area (Å²) < 4.78 is 28.4. The number of benzene rings is 1. The summed E-state index contributed by atoms with van der Waals surface area (Å²) in [5.41, 5.74) is 1.11. The van der Waals surface area contributed by atoms with Gasteiger partial charge in [0.05, 0.1) is 11.1 Å². The maximum Gasteiger partial charge on any atom is 0.263 e. The van der Waals surface area contributed by atoms with Crippen LogP contribution >= 0.6 is 0 Å². The Morgan fingerprint density at radius 2 is 2.20 bits per heavy atom. The zero-order valence-electron chi connectivity index (χ0n) is 11.2. The van der Waals surface area contributed by atoms with Gasteiger partial charge in [0.25, 0.3) is 10.0 Å². The highest BCUT2D eigenvalue weighted by Gasteiger charge is 2.19. The van der Waals surface area contributed by atoms with Crippen molar-refractivity contribution in [2.45, 2.75) is 18.2 Å². The van der Waals surface area contributed by atoms with Crippen LogP contribution < -0.4 is 4.72 Å². The summed E-state index contributed by atoms with van der Waals surface area (Å²) in [5.74, 6) is 0.161. The van der Waals surface area contributed by atoms with E-state index in [4.69, 9.17) is 5.26 Å². The second-order valence-corrected chi connectivity index (χ2v) is 5.93. The summed E-state index contributed by atoms with van der Waals surface area (Å²) in [4.78, 5) is 0.168. The topological polar surface area (TPSA) is 87.8 Å². The van der Waals surface area contributed by atoms with Crippen LogP contribution in [0.15, 0.2) is 35.4 Å². The molecule has 6 nitrogen and oxygen atoms in total. The van der Waals surface area contributed by atoms with Gasteiger partial charge in [0.1, 0.15) is 11.6 Å². The van der Waals surface area contributed by atoms with E-state index in [1.165, 1.54) is 16.9 Å². The van der Waals surface area contributed by atoms with Gasteiger partial charge in [-0.1, -0.05) is 19.1 Å². The van der Waals surface area contributed by atoms with Gasteiger partial charge in [-0.05, 0) is 24.1 Å². The predicted molar refractivity (Wildman–Crippen MR) is 74.6 cm³/mol. The van der Waals surface area contributed by atoms with Crippen molar-refractivity contribution >= 4 is 15.8 Å². The summed E-state index contributed by atoms with van der Waals surface area (Å²) in [6.45, 7) is 1.95. The van der Waals surface area contributed by atoms with Crippen LogP contribution in [-0.2, 0) is 23.5 Å². The van der Waals surface area contributed by atoms with Crippen LogP contribution in [0, 0.1) is 11.3 Å². The van der Waals surface area contributed by atoms with Crippen LogP contribution in [0.4, 0.5) is 5.82 Å². The molecule has 1 heterocycles. The molecule has 0 fully saturated rings. The number of nitrogens with one attached hydrogen (secondary N) is 1. The van der Waals surface area contributed by atoms with Gasteiger partial charge in [-0.15, -0.1) is 0 Å². The van der Waals surface area contributed by atoms with Crippen molar-refractivity contribution in [3.8, 4) is 6.07 Å². The van der Waals surface area contributed by atoms with E-state index in [1.807, 2.05) is 19.1 Å². The molecule has 20 heavy (non-hydrogen) atoms. The Bertz CT molecular complexity index is 772. The molecule has 0 unspecified atom stereocenters. The lowest BCUT2D eigenvalue weighted by atomic mass is 10.2. The number of sulfonamides is 1. The highest BCUT2D eigenvalue weighted by atomic mass is 32.2. The molecule has 0 saturated carbocycles. The number of aryl methyl sites for hydroxylation is 2. The van der Waals surface area contributed by atoms with E-state index in [1.54, 1.807) is 19.2 Å². The summed E-state index contributed by atoms with van der Waals surface area (Å²) >= 11 is 0. The van der Waals surface area contributed by atoms with Gasteiger partial charge in [-0.3, -0.25) is 9.40 Å². The van der Waals surface area contributed by atoms with E-state index in [9.17, 15) is 8.42 Å². The highest BCUT2D eigenvalue weighted by molar-refractivity contribution is 7.92. The normalized spacial score (nSPS) is 11.1. The Balaban J connectivity index is 2.41. The Kier molecular flexibility index (Phi) is 3.77. The number of rotatable bonds is 4. The quantitative estimate of drug-likeness (QED) is 0.927. The molecule has 7 heteroatoms. The second-order valence-electron chi connectivity index (χ2n) is 4.25. The Morgan fingerprint density at radius 1 is 1.45 bits per heavy atom. The first-order valence-electron chi connectivity index (χ1n) is 6.01. The van der Waals surface area contributed by atoms with Gasteiger partial charge >= 0.3 is 0 Å². The summed E-state index contributed by atoms with van der Waals surface area (Å²) in [5, 5.41) is 12.8. The molecular formula is C13H14N4O2S. The second kappa shape index (κ2) is 5.35. The minimum absolute atomic E-state index is 0.161. The Hall–Kier alpha value is -2.33. The van der Waals surface area contributed by atoms with E-state index in [0.29, 0.717) is 0 Å². The first-order valence-corrected chi connectivity index (χ1v) is 7.50. The number of aromatic nitrogens is 2. The van der Waals surface area contributed by atoms with Gasteiger partial charge in [-0.25, -0.2) is 8.42 Å². The molecular weight excluding hydrogens is 276 g/mol. The molecule has 1 aromatic carbocycles. The lowest BCUT2D eigenvalue weighted by molar-refractivity contribution is 0.600. The average molecular weight is 290 g/mol. The molecule has 1 aromatic heterocycles. The van der Waals surface area contributed by atoms with Crippen LogP contribution in [0.3, 0.4) is 0 Å². The number of hydrogen-bond donors (Lipinski definition) is 1. The lowest BCUT2D eigenvalue weighted by Crippen LogP contribution is -2.16. The fraction of sp³-hybridized carbons (Fsp3) is 0.231. The lowest BCUT2D eigenvalue weighted by Gasteiger charge is -2.09. The van der Waals surface area contributed by atoms with Crippen molar-refractivity contribution in [3.63, 3.8) is 0 Å². The fourth-order valence-corrected chi connectivity index (χ4v) is 2.94. The molecule has 104 valence electrons. The minimum Gasteiger partial charge on any atom is -0.262 e. The monoisotopic (exact) mass is 290 g/mol. The van der Waals surface area contributed by atoms with Gasteiger partial charge in [0, 0.05) is 7.05 Å². The van der Waals surface area contributed by atoms with Crippen LogP contribution in [0.5, 0.6) is 0 Å². The van der Waals surface area contributed by atoms with Gasteiger partial charge in [0.15, 0.2) is 5.82 Å². The van der Waals surface area contributed by atoms with Gasteiger partial charge < -0.3 is 0 Å². The zero-order valence-corrected chi connectivity index (χ0v) is 12.0. The summed E-state index contributed by atoms with van der Waals surface area (Å²) in [6, 6.07) is 8.60. The van der Waals surface area contributed by atoms with Crippen LogP contribution in [0.2, 0.25) is 0 Å². The molecule has 0 aliphatic rings. The Morgan fingerprint density at radius 3 is 2.85 bits per heavy atom. The highest BCUT2D eigenvalue weighted by Crippen LogP contribution is 2.19. The van der Waals surface area contributed by atoms with E-state index in [2.05, 4.69) is 9.82 Å². The van der Waals surface area contributed by atoms with Crippen molar-refractivity contribution in [3.05, 3.63) is 41.6 Å². The average Bonchev–Trinajstić information content (AvgIpc) is 2.79. The smallest absolute Gasteiger partial charge is 0.262 e. The summed E-state index contributed by atoms with van der Waals surface area (Å²) in [7, 11) is -2.16. The molecule has 0 amide bonds. The number of nitriles is 1. The molecule has 0 aliphatic heterocycles. The standard InChI is InChI=1S/C13H14N4O2S/c1-3-10-5-4-6-12(7-10)20(18,19)16-13-11(8-14)9-15-17(13)2/h4-7,9,16H,3H2,1-2H3. The van der Waals surface area contributed by atoms with E-state index in [-0.39, 0.29) is 16.3 Å². The van der Waals surface area contributed by atoms with Gasteiger partial charge in [-0.2, -0.15) is 10.4 Å². The van der Waals surface area contributed by atoms with Crippen molar-refractivity contribution in [1.82, 2.24) is 9.78 Å². The Labute approximate surface area is 117 Å². The molecule has 2 rings (SSSR count). The molecule has 0 atom stereocenters. The maximum atomic E-state index is 12.3. The third-order valence-corrected chi connectivity index (χ3v) is 4.24. The van der Waals surface area contributed by atoms with Crippen molar-refractivity contribution in [2.75, 3.05) is 4.72 Å². The largest absolute Gasteiger partial charge is 0.263 e. The zero-order chi connectivity index (χ0) is 14.8. The fourth-order valence-electron chi connectivity index (χ4n) is 1.76. The van der Waals surface area contributed by atoms with Crippen molar-refractivity contribution in [2.24, 2.45) is 7.05 Å². The number of nitrogens with zero attached hydrogens (tertiary/aromatic N) is 3. The molecule has 1 N–H and O–H groups in total. The molecule has 0 saturated heterocycles. The minimum atomic E-state index is -3.73. The van der Waals surface area contributed by atoms with Crippen molar-refractivity contribution < 1.29 is 8.42 Å². The maximum absolute atomic E-state index is 12.3. The number of anilines is 1. The van der Waals surface area contributed by atoms with Crippen LogP contribution in [-0.4, -0.2) is 18.2 Å². The van der Waals surface area contributed by atoms with E-state index in [0.717, 1.165) is 12.0 Å². The van der Waals surface area contributed by atoms with Crippen molar-refractivity contribution in [1.29, 1.82) is 5.26 Å². The molecule has 2 aromatic rings. The van der Waals surface area contributed by atoms with Crippen LogP contribution in [0.25, 0.3) is 0 Å². The van der Waals surface area contributed by atoms with E-state index >= 15 is 0 Å². The molecule has 0 aliphatic carbocycles. The first-order chi connectivity index (χ1) is 9.47. The van der Waals surface area contributed by atoms with Crippen LogP contribution in [0.1, 0.15) is 18.1 Å². The molecule has 0 radical (unpaired) electrons. The van der Waals surface area contributed by atoms with Gasteiger partial charge in [0.2, 0.25) is 0 Å². The molecule has 0 bridgehead atoms. The number of hydrogen-bond acceptors (Lipinski definition) is 4. The SMILES string of the molecule is CCc1cccc(S(=O)(=O)Nc2c(C#N)cnn2C)c1. The third-order valence-electron chi connectivity index (χ3n) is 2.91. The first kappa shape index (κ1) is 14.1. The molecule has 0 spiro atoms. The van der Waals surface area contributed by atoms with E-state index < -0.39 is 10.0 Å². The third kappa shape index (κ3) is 2.65. The predicted octanol–water partition coefficient (Wildman–Crippen LogP) is 1.65. The summed E-state index contributed by atoms with van der Waals surface area (Å²) in [6.07, 6.45) is 2.07.